The summed E-state index contributed by atoms with van der Waals surface area (Å²) in [5, 5.41) is 8.70. The number of allylic oxidation sites excluding steroid dienone is 1. The van der Waals surface area contributed by atoms with Crippen LogP contribution >= 0.6 is 0 Å². The molecule has 3 nitrogen and oxygen atoms in total. The van der Waals surface area contributed by atoms with Gasteiger partial charge in [0.2, 0.25) is 0 Å². The minimum Gasteiger partial charge on any atom is -0.463 e. The van der Waals surface area contributed by atoms with Gasteiger partial charge in [0, 0.05) is 5.57 Å². The summed E-state index contributed by atoms with van der Waals surface area (Å²) in [5.41, 5.74) is 2.99. The van der Waals surface area contributed by atoms with E-state index >= 15 is 0 Å². The van der Waals surface area contributed by atoms with Crippen LogP contribution < -0.4 is 0 Å². The maximum atomic E-state index is 11.5. The maximum absolute atomic E-state index is 11.5. The minimum atomic E-state index is -0.297. The van der Waals surface area contributed by atoms with Crippen LogP contribution in [-0.4, -0.2) is 12.6 Å². The molecule has 0 atom stereocenters. The Morgan fingerprint density at radius 2 is 1.88 bits per heavy atom. The van der Waals surface area contributed by atoms with Crippen molar-refractivity contribution in [2.24, 2.45) is 0 Å². The summed E-state index contributed by atoms with van der Waals surface area (Å²) in [6.45, 7) is 5.76. The molecule has 17 heavy (non-hydrogen) atoms. The smallest absolute Gasteiger partial charge is 0.333 e. The summed E-state index contributed by atoms with van der Waals surface area (Å²) in [6.07, 6.45) is 0. The highest BCUT2D eigenvalue weighted by Crippen LogP contribution is 2.19. The lowest BCUT2D eigenvalue weighted by Gasteiger charge is -2.07. The zero-order valence-corrected chi connectivity index (χ0v) is 10.3. The Hall–Kier alpha value is -2.08. The summed E-state index contributed by atoms with van der Waals surface area (Å²) in [4.78, 5) is 11.5. The first-order valence-electron chi connectivity index (χ1n) is 5.45. The van der Waals surface area contributed by atoms with Crippen molar-refractivity contribution in [2.45, 2.75) is 20.8 Å². The molecule has 88 valence electrons. The molecule has 0 saturated carbocycles. The first-order chi connectivity index (χ1) is 8.10. The van der Waals surface area contributed by atoms with Crippen molar-refractivity contribution in [3.8, 4) is 6.07 Å². The number of carbonyl (C=O) groups is 1. The average molecular weight is 229 g/mol. The van der Waals surface area contributed by atoms with Crippen molar-refractivity contribution >= 4 is 11.5 Å². The third kappa shape index (κ3) is 3.18. The Morgan fingerprint density at radius 3 is 2.35 bits per heavy atom. The van der Waals surface area contributed by atoms with Crippen LogP contribution in [0.25, 0.3) is 5.57 Å². The fraction of sp³-hybridized carbons (Fsp3) is 0.286. The van der Waals surface area contributed by atoms with Gasteiger partial charge in [-0.2, -0.15) is 5.26 Å². The fourth-order valence-corrected chi connectivity index (χ4v) is 1.40. The number of nitrogens with zero attached hydrogens (tertiary/aromatic N) is 1. The molecule has 0 bridgehead atoms. The normalized spacial score (nSPS) is 11.4. The SMILES string of the molecule is CCOC(=O)/C(C)=C(/C)c1ccc(C#N)cc1. The predicted octanol–water partition coefficient (Wildman–Crippen LogP) is 2.91. The van der Waals surface area contributed by atoms with Gasteiger partial charge in [0.25, 0.3) is 0 Å². The van der Waals surface area contributed by atoms with E-state index < -0.39 is 0 Å². The lowest BCUT2D eigenvalue weighted by atomic mass is 10.0. The van der Waals surface area contributed by atoms with Gasteiger partial charge in [0.1, 0.15) is 0 Å². The van der Waals surface area contributed by atoms with E-state index in [0.29, 0.717) is 17.7 Å². The molecule has 1 rings (SSSR count). The lowest BCUT2D eigenvalue weighted by Crippen LogP contribution is -2.06. The molecule has 0 amide bonds. The molecule has 0 aliphatic carbocycles. The van der Waals surface area contributed by atoms with Gasteiger partial charge >= 0.3 is 5.97 Å². The Balaban J connectivity index is 3.02. The molecule has 0 N–H and O–H groups in total. The first kappa shape index (κ1) is 13.0. The molecular weight excluding hydrogens is 214 g/mol. The van der Waals surface area contributed by atoms with E-state index in [1.165, 1.54) is 0 Å². The van der Waals surface area contributed by atoms with Crippen LogP contribution in [0.4, 0.5) is 0 Å². The van der Waals surface area contributed by atoms with E-state index in [1.54, 1.807) is 26.0 Å². The van der Waals surface area contributed by atoms with Crippen LogP contribution in [0, 0.1) is 11.3 Å². The van der Waals surface area contributed by atoms with E-state index in [4.69, 9.17) is 10.00 Å². The van der Waals surface area contributed by atoms with E-state index in [1.807, 2.05) is 19.1 Å². The third-order valence-corrected chi connectivity index (χ3v) is 2.59. The molecule has 0 saturated heterocycles. The predicted molar refractivity (Wildman–Crippen MR) is 66.1 cm³/mol. The Labute approximate surface area is 101 Å². The van der Waals surface area contributed by atoms with Gasteiger partial charge in [-0.15, -0.1) is 0 Å². The van der Waals surface area contributed by atoms with Crippen molar-refractivity contribution < 1.29 is 9.53 Å². The van der Waals surface area contributed by atoms with Gasteiger partial charge < -0.3 is 4.74 Å². The van der Waals surface area contributed by atoms with Crippen molar-refractivity contribution in [1.82, 2.24) is 0 Å². The molecule has 3 heteroatoms. The molecule has 0 spiro atoms. The van der Waals surface area contributed by atoms with Gasteiger partial charge in [-0.05, 0) is 44.0 Å². The fourth-order valence-electron chi connectivity index (χ4n) is 1.40. The Bertz CT molecular complexity index is 478. The van der Waals surface area contributed by atoms with Gasteiger partial charge in [0.05, 0.1) is 18.2 Å². The van der Waals surface area contributed by atoms with Crippen molar-refractivity contribution in [1.29, 1.82) is 5.26 Å². The monoisotopic (exact) mass is 229 g/mol. The second-order valence-electron chi connectivity index (χ2n) is 3.66. The number of ether oxygens (including phenoxy) is 1. The minimum absolute atomic E-state index is 0.297. The number of hydrogen-bond donors (Lipinski definition) is 0. The molecule has 0 fully saturated rings. The van der Waals surface area contributed by atoms with Crippen LogP contribution in [0.15, 0.2) is 29.8 Å². The molecule has 0 aromatic heterocycles. The molecule has 0 aliphatic heterocycles. The molecule has 0 unspecified atom stereocenters. The molecule has 0 aliphatic rings. The van der Waals surface area contributed by atoms with Crippen LogP contribution in [0.3, 0.4) is 0 Å². The van der Waals surface area contributed by atoms with E-state index in [2.05, 4.69) is 6.07 Å². The number of nitriles is 1. The van der Waals surface area contributed by atoms with Gasteiger partial charge in [0.15, 0.2) is 0 Å². The number of benzene rings is 1. The largest absolute Gasteiger partial charge is 0.463 e. The highest BCUT2D eigenvalue weighted by atomic mass is 16.5. The summed E-state index contributed by atoms with van der Waals surface area (Å²) < 4.78 is 4.94. The third-order valence-electron chi connectivity index (χ3n) is 2.59. The van der Waals surface area contributed by atoms with Gasteiger partial charge in [-0.3, -0.25) is 0 Å². The number of rotatable bonds is 3. The molecule has 1 aromatic rings. The molecular formula is C14H15NO2. The van der Waals surface area contributed by atoms with E-state index in [9.17, 15) is 4.79 Å². The summed E-state index contributed by atoms with van der Waals surface area (Å²) in [5.74, 6) is -0.297. The Kier molecular flexibility index (Phi) is 4.47. The summed E-state index contributed by atoms with van der Waals surface area (Å²) in [6, 6.07) is 9.18. The van der Waals surface area contributed by atoms with E-state index in [-0.39, 0.29) is 5.97 Å². The Morgan fingerprint density at radius 1 is 1.29 bits per heavy atom. The summed E-state index contributed by atoms with van der Waals surface area (Å²) >= 11 is 0. The quantitative estimate of drug-likeness (QED) is 0.591. The van der Waals surface area contributed by atoms with E-state index in [0.717, 1.165) is 11.1 Å². The zero-order chi connectivity index (χ0) is 12.8. The van der Waals surface area contributed by atoms with Crippen LogP contribution in [0.1, 0.15) is 31.9 Å². The van der Waals surface area contributed by atoms with Gasteiger partial charge in [-0.1, -0.05) is 12.1 Å². The molecule has 0 heterocycles. The first-order valence-corrected chi connectivity index (χ1v) is 5.45. The standard InChI is InChI=1S/C14H15NO2/c1-4-17-14(16)11(3)10(2)13-7-5-12(9-15)6-8-13/h5-8H,4H2,1-3H3/b11-10-. The highest BCUT2D eigenvalue weighted by molar-refractivity contribution is 5.96. The second-order valence-corrected chi connectivity index (χ2v) is 3.66. The topological polar surface area (TPSA) is 50.1 Å². The van der Waals surface area contributed by atoms with Crippen molar-refractivity contribution in [3.63, 3.8) is 0 Å². The lowest BCUT2D eigenvalue weighted by molar-refractivity contribution is -0.138. The van der Waals surface area contributed by atoms with Crippen molar-refractivity contribution in [3.05, 3.63) is 41.0 Å². The molecule has 0 radical (unpaired) electrons. The van der Waals surface area contributed by atoms with Crippen LogP contribution in [0.5, 0.6) is 0 Å². The van der Waals surface area contributed by atoms with Crippen LogP contribution in [-0.2, 0) is 9.53 Å². The van der Waals surface area contributed by atoms with Crippen LogP contribution in [0.2, 0.25) is 0 Å². The van der Waals surface area contributed by atoms with Crippen molar-refractivity contribution in [2.75, 3.05) is 6.61 Å². The van der Waals surface area contributed by atoms with Gasteiger partial charge in [-0.25, -0.2) is 4.79 Å². The second kappa shape index (κ2) is 5.86. The zero-order valence-electron chi connectivity index (χ0n) is 10.3. The number of esters is 1. The highest BCUT2D eigenvalue weighted by Gasteiger charge is 2.09. The average Bonchev–Trinajstić information content (AvgIpc) is 2.37. The number of hydrogen-bond acceptors (Lipinski definition) is 3. The maximum Gasteiger partial charge on any atom is 0.333 e. The molecule has 1 aromatic carbocycles. The number of carbonyl (C=O) groups excluding carboxylic acids is 1. The summed E-state index contributed by atoms with van der Waals surface area (Å²) in [7, 11) is 0.